The second kappa shape index (κ2) is 14.7. The molecule has 14 nitrogen and oxygen atoms in total. The van der Waals surface area contributed by atoms with Gasteiger partial charge in [-0.3, -0.25) is 19.1 Å². The molecule has 0 spiro atoms. The molecule has 1 saturated heterocycles. The van der Waals surface area contributed by atoms with Crippen molar-refractivity contribution in [3.05, 3.63) is 54.4 Å². The van der Waals surface area contributed by atoms with Crippen molar-refractivity contribution in [1.29, 1.82) is 0 Å². The first kappa shape index (κ1) is 38.2. The number of nitrogens with one attached hydrogen (secondary N) is 3. The molecule has 5 atom stereocenters. The number of hydrogen-bond donors (Lipinski definition) is 3. The number of thiophene rings is 1. The largest absolute Gasteiger partial charge is 0.471 e. The summed E-state index contributed by atoms with van der Waals surface area (Å²) in [7, 11) is -3.91. The number of sulfonamides is 1. The maximum atomic E-state index is 14.5. The van der Waals surface area contributed by atoms with Crippen LogP contribution >= 0.6 is 11.3 Å². The van der Waals surface area contributed by atoms with Crippen molar-refractivity contribution in [2.75, 3.05) is 13.2 Å². The zero-order valence-corrected chi connectivity index (χ0v) is 32.1. The third-order valence-electron chi connectivity index (χ3n) is 9.59. The van der Waals surface area contributed by atoms with E-state index in [1.54, 1.807) is 20.8 Å². The van der Waals surface area contributed by atoms with Gasteiger partial charge in [-0.05, 0) is 54.2 Å². The third kappa shape index (κ3) is 8.33. The predicted molar refractivity (Wildman–Crippen MR) is 199 cm³/mol. The number of hydrogen-bond acceptors (Lipinski definition) is 11. The molecule has 1 aliphatic heterocycles. The summed E-state index contributed by atoms with van der Waals surface area (Å²) in [6, 6.07) is 8.87. The molecule has 284 valence electrons. The summed E-state index contributed by atoms with van der Waals surface area (Å²) in [5.74, 6) is -2.32. The van der Waals surface area contributed by atoms with Crippen LogP contribution in [0.5, 0.6) is 5.88 Å². The van der Waals surface area contributed by atoms with Crippen LogP contribution in [0, 0.1) is 17.3 Å². The van der Waals surface area contributed by atoms with Crippen molar-refractivity contribution in [2.24, 2.45) is 17.3 Å². The van der Waals surface area contributed by atoms with E-state index in [-0.39, 0.29) is 37.8 Å². The zero-order valence-electron chi connectivity index (χ0n) is 30.5. The summed E-state index contributed by atoms with van der Waals surface area (Å²) in [5.41, 5.74) is -0.607. The number of fused-ring (bicyclic) bond motifs is 1. The fraction of sp³-hybridized carbons (Fsp3) is 0.514. The molecule has 6 rings (SSSR count). The second-order valence-electron chi connectivity index (χ2n) is 15.4. The van der Waals surface area contributed by atoms with Crippen molar-refractivity contribution < 1.29 is 37.1 Å². The molecule has 3 N–H and O–H groups in total. The van der Waals surface area contributed by atoms with Crippen LogP contribution in [0.25, 0.3) is 21.6 Å². The highest BCUT2D eigenvalue weighted by Crippen LogP contribution is 2.45. The molecule has 2 aliphatic carbocycles. The molecule has 3 aromatic rings. The highest BCUT2D eigenvalue weighted by Gasteiger charge is 2.62. The maximum absolute atomic E-state index is 14.5. The van der Waals surface area contributed by atoms with E-state index in [1.807, 2.05) is 55.6 Å². The predicted octanol–water partition coefficient (Wildman–Crippen LogP) is 4.17. The van der Waals surface area contributed by atoms with E-state index in [1.165, 1.54) is 22.3 Å². The number of aromatic nitrogens is 2. The number of benzene rings is 1. The number of para-hydroxylation sites is 2. The second-order valence-corrected chi connectivity index (χ2v) is 18.4. The summed E-state index contributed by atoms with van der Waals surface area (Å²) in [6.45, 7) is 13.0. The molecule has 3 fully saturated rings. The highest BCUT2D eigenvalue weighted by molar-refractivity contribution is 7.91. The Labute approximate surface area is 313 Å². The average molecular weight is 767 g/mol. The maximum Gasteiger partial charge on any atom is 0.407 e. The van der Waals surface area contributed by atoms with Crippen molar-refractivity contribution in [1.82, 2.24) is 30.2 Å². The number of carbonyl (C=O) groups excluding carboxylic acids is 4. The van der Waals surface area contributed by atoms with Crippen LogP contribution < -0.4 is 20.1 Å². The lowest BCUT2D eigenvalue weighted by Gasteiger charge is -2.35. The average Bonchev–Trinajstić information content (AvgIpc) is 3.97. The Kier molecular flexibility index (Phi) is 10.6. The molecule has 3 heterocycles. The molecule has 0 radical (unpaired) electrons. The minimum Gasteiger partial charge on any atom is -0.471 e. The van der Waals surface area contributed by atoms with Crippen molar-refractivity contribution in [3.63, 3.8) is 0 Å². The SMILES string of the molecule is C=C[C@@H]1CC1(NC(=O)[C@@H]1C[C@@H](Oc2nc3ccccc3nc2-c2cccs2)CN1C(=O)[C@@H](NC(=O)OCC(C)C)C(C)(C)C)C(=O)NS(=O)(=O)C1CC1. The van der Waals surface area contributed by atoms with E-state index < -0.39 is 74.1 Å². The third-order valence-corrected chi connectivity index (χ3v) is 12.3. The van der Waals surface area contributed by atoms with Gasteiger partial charge in [0.2, 0.25) is 27.7 Å². The normalized spacial score (nSPS) is 23.3. The molecule has 2 saturated carbocycles. The van der Waals surface area contributed by atoms with Crippen LogP contribution in [-0.2, 0) is 29.1 Å². The number of likely N-dealkylation sites (tertiary alicyclic amines) is 1. The molecule has 1 aromatic carbocycles. The summed E-state index contributed by atoms with van der Waals surface area (Å²) < 4.78 is 39.4. The molecule has 0 bridgehead atoms. The molecule has 3 aliphatic rings. The monoisotopic (exact) mass is 766 g/mol. The molecular formula is C37H46N6O8S2. The van der Waals surface area contributed by atoms with E-state index in [4.69, 9.17) is 19.4 Å². The minimum absolute atomic E-state index is 0.00144. The summed E-state index contributed by atoms with van der Waals surface area (Å²) in [5, 5.41) is 6.77. The lowest BCUT2D eigenvalue weighted by atomic mass is 9.85. The number of ether oxygens (including phenoxy) is 2. The number of rotatable bonds is 13. The standard InChI is InChI=1S/C37H46N6O8S2/c1-7-22-18-37(22,34(46)42-53(48,49)24-14-15-24)41-31(44)27-17-23(19-43(27)33(45)30(36(4,5)6)40-35(47)50-20-21(2)3)51-32-29(28-13-10-16-52-28)38-25-11-8-9-12-26(25)39-32/h7-13,16,21-24,27,30H,1,14-15,17-20H2,2-6H3,(H,40,47)(H,41,44)(H,42,46)/t22-,23-,27+,30-,37?/m1/s1. The van der Waals surface area contributed by atoms with Gasteiger partial charge in [-0.15, -0.1) is 17.9 Å². The first-order valence-corrected chi connectivity index (χ1v) is 20.2. The number of alkyl carbamates (subject to hydrolysis) is 1. The van der Waals surface area contributed by atoms with Crippen LogP contribution in [0.15, 0.2) is 54.4 Å². The first-order chi connectivity index (χ1) is 25.0. The Morgan fingerprint density at radius 2 is 1.79 bits per heavy atom. The van der Waals surface area contributed by atoms with E-state index in [0.717, 1.165) is 4.88 Å². The fourth-order valence-corrected chi connectivity index (χ4v) is 8.48. The topological polar surface area (TPSA) is 186 Å². The van der Waals surface area contributed by atoms with Gasteiger partial charge in [0.15, 0.2) is 0 Å². The Morgan fingerprint density at radius 3 is 2.38 bits per heavy atom. The van der Waals surface area contributed by atoms with Gasteiger partial charge in [-0.2, -0.15) is 0 Å². The van der Waals surface area contributed by atoms with Gasteiger partial charge in [-0.1, -0.05) is 58.9 Å². The summed E-state index contributed by atoms with van der Waals surface area (Å²) >= 11 is 1.46. The van der Waals surface area contributed by atoms with Gasteiger partial charge in [0, 0.05) is 12.3 Å². The summed E-state index contributed by atoms with van der Waals surface area (Å²) in [6.07, 6.45) is 1.02. The van der Waals surface area contributed by atoms with Crippen LogP contribution in [0.1, 0.15) is 60.3 Å². The van der Waals surface area contributed by atoms with Gasteiger partial charge < -0.3 is 25.0 Å². The lowest BCUT2D eigenvalue weighted by Crippen LogP contribution is -2.60. The molecular weight excluding hydrogens is 721 g/mol. The molecule has 53 heavy (non-hydrogen) atoms. The Balaban J connectivity index is 1.31. The van der Waals surface area contributed by atoms with Gasteiger partial charge in [0.25, 0.3) is 5.91 Å². The van der Waals surface area contributed by atoms with Crippen molar-refractivity contribution in [2.45, 2.75) is 89.3 Å². The summed E-state index contributed by atoms with van der Waals surface area (Å²) in [4.78, 5) is 67.0. The van der Waals surface area contributed by atoms with Gasteiger partial charge in [0.1, 0.15) is 29.4 Å². The fourth-order valence-electron chi connectivity index (χ4n) is 6.41. The van der Waals surface area contributed by atoms with E-state index in [2.05, 4.69) is 21.9 Å². The smallest absolute Gasteiger partial charge is 0.407 e. The number of carbonyl (C=O) groups is 4. The molecule has 2 aromatic heterocycles. The Hall–Kier alpha value is -4.57. The zero-order chi connectivity index (χ0) is 38.3. The van der Waals surface area contributed by atoms with E-state index in [9.17, 15) is 27.6 Å². The quantitative estimate of drug-likeness (QED) is 0.213. The number of nitrogens with zero attached hydrogens (tertiary/aromatic N) is 3. The lowest BCUT2D eigenvalue weighted by molar-refractivity contribution is -0.142. The van der Waals surface area contributed by atoms with E-state index >= 15 is 0 Å². The minimum atomic E-state index is -3.91. The number of amides is 4. The van der Waals surface area contributed by atoms with E-state index in [0.29, 0.717) is 29.6 Å². The Morgan fingerprint density at radius 1 is 1.09 bits per heavy atom. The first-order valence-electron chi connectivity index (χ1n) is 17.7. The molecule has 1 unspecified atom stereocenters. The van der Waals surface area contributed by atoms with Gasteiger partial charge in [-0.25, -0.2) is 23.2 Å². The van der Waals surface area contributed by atoms with Crippen LogP contribution in [0.3, 0.4) is 0 Å². The van der Waals surface area contributed by atoms with Crippen LogP contribution in [0.2, 0.25) is 0 Å². The molecule has 4 amide bonds. The van der Waals surface area contributed by atoms with Crippen LogP contribution in [-0.4, -0.2) is 89.2 Å². The van der Waals surface area contributed by atoms with Crippen LogP contribution in [0.4, 0.5) is 4.79 Å². The van der Waals surface area contributed by atoms with Gasteiger partial charge >= 0.3 is 6.09 Å². The van der Waals surface area contributed by atoms with Crippen molar-refractivity contribution >= 4 is 56.2 Å². The highest BCUT2D eigenvalue weighted by atomic mass is 32.2. The van der Waals surface area contributed by atoms with Gasteiger partial charge in [0.05, 0.1) is 34.3 Å². The Bertz CT molecular complexity index is 2010. The van der Waals surface area contributed by atoms with Crippen molar-refractivity contribution in [3.8, 4) is 16.5 Å². The molecule has 16 heteroatoms.